The van der Waals surface area contributed by atoms with Crippen molar-refractivity contribution in [2.75, 3.05) is 11.9 Å². The Balaban J connectivity index is 1.98. The van der Waals surface area contributed by atoms with Gasteiger partial charge in [-0.25, -0.2) is 8.78 Å². The maximum absolute atomic E-state index is 13.1. The lowest BCUT2D eigenvalue weighted by Gasteiger charge is -2.35. The summed E-state index contributed by atoms with van der Waals surface area (Å²) in [5, 5.41) is 3.69. The van der Waals surface area contributed by atoms with Crippen LogP contribution in [0.1, 0.15) is 42.5 Å². The van der Waals surface area contributed by atoms with Crippen molar-refractivity contribution in [2.24, 2.45) is 5.41 Å². The minimum absolute atomic E-state index is 0.0898. The molecule has 0 heterocycles. The first-order valence-corrected chi connectivity index (χ1v) is 7.98. The smallest absolute Gasteiger partial charge is 0.251 e. The summed E-state index contributed by atoms with van der Waals surface area (Å²) in [5.41, 5.74) is 0.247. The van der Waals surface area contributed by atoms with Gasteiger partial charge in [0.15, 0.2) is 11.6 Å². The molecule has 0 aliphatic heterocycles. The molecule has 20 heavy (non-hydrogen) atoms. The average molecular weight is 346 g/mol. The standard InChI is InChI=1S/C15H18BrF2NO/c16-9-15(6-2-1-3-7-15)10-19-14(20)11-4-5-12(17)13(18)8-11/h4-5,8H,1-3,6-7,9-10H2,(H,19,20). The Morgan fingerprint density at radius 3 is 2.50 bits per heavy atom. The molecule has 0 atom stereocenters. The van der Waals surface area contributed by atoms with Crippen LogP contribution in [0.4, 0.5) is 8.78 Å². The summed E-state index contributed by atoms with van der Waals surface area (Å²) in [6.45, 7) is 0.566. The van der Waals surface area contributed by atoms with E-state index in [9.17, 15) is 13.6 Å². The van der Waals surface area contributed by atoms with Crippen molar-refractivity contribution in [3.63, 3.8) is 0 Å². The number of hydrogen-bond acceptors (Lipinski definition) is 1. The largest absolute Gasteiger partial charge is 0.351 e. The van der Waals surface area contributed by atoms with E-state index in [0.717, 1.165) is 30.3 Å². The molecule has 1 aliphatic carbocycles. The van der Waals surface area contributed by atoms with Crippen LogP contribution in [0.15, 0.2) is 18.2 Å². The van der Waals surface area contributed by atoms with E-state index < -0.39 is 11.6 Å². The Bertz CT molecular complexity index is 487. The van der Waals surface area contributed by atoms with Gasteiger partial charge in [0.25, 0.3) is 5.91 Å². The minimum Gasteiger partial charge on any atom is -0.351 e. The Morgan fingerprint density at radius 2 is 1.90 bits per heavy atom. The zero-order valence-corrected chi connectivity index (χ0v) is 12.8. The molecule has 1 amide bonds. The lowest BCUT2D eigenvalue weighted by molar-refractivity contribution is 0.0921. The van der Waals surface area contributed by atoms with E-state index in [1.807, 2.05) is 0 Å². The van der Waals surface area contributed by atoms with E-state index in [1.165, 1.54) is 25.3 Å². The number of nitrogens with one attached hydrogen (secondary N) is 1. The van der Waals surface area contributed by atoms with Crippen LogP contribution in [-0.4, -0.2) is 17.8 Å². The molecule has 110 valence electrons. The lowest BCUT2D eigenvalue weighted by atomic mass is 9.75. The molecule has 0 unspecified atom stereocenters. The van der Waals surface area contributed by atoms with Gasteiger partial charge in [-0.1, -0.05) is 35.2 Å². The van der Waals surface area contributed by atoms with Crippen molar-refractivity contribution in [3.8, 4) is 0 Å². The fourth-order valence-electron chi connectivity index (χ4n) is 2.67. The highest BCUT2D eigenvalue weighted by molar-refractivity contribution is 9.09. The van der Waals surface area contributed by atoms with E-state index in [0.29, 0.717) is 6.54 Å². The normalized spacial score (nSPS) is 17.8. The number of rotatable bonds is 4. The quantitative estimate of drug-likeness (QED) is 0.819. The highest BCUT2D eigenvalue weighted by Gasteiger charge is 2.31. The van der Waals surface area contributed by atoms with Crippen LogP contribution < -0.4 is 5.32 Å². The number of carbonyl (C=O) groups is 1. The van der Waals surface area contributed by atoms with E-state index in [2.05, 4.69) is 21.2 Å². The predicted molar refractivity (Wildman–Crippen MR) is 78.0 cm³/mol. The van der Waals surface area contributed by atoms with Crippen LogP contribution in [0.3, 0.4) is 0 Å². The molecular weight excluding hydrogens is 328 g/mol. The molecule has 2 nitrogen and oxygen atoms in total. The van der Waals surface area contributed by atoms with Crippen molar-refractivity contribution >= 4 is 21.8 Å². The Morgan fingerprint density at radius 1 is 1.20 bits per heavy atom. The van der Waals surface area contributed by atoms with Gasteiger partial charge in [-0.05, 0) is 36.5 Å². The van der Waals surface area contributed by atoms with Crippen LogP contribution in [0.25, 0.3) is 0 Å². The van der Waals surface area contributed by atoms with E-state index >= 15 is 0 Å². The molecule has 0 saturated heterocycles. The molecule has 1 fully saturated rings. The van der Waals surface area contributed by atoms with Crippen LogP contribution >= 0.6 is 15.9 Å². The first-order chi connectivity index (χ1) is 9.56. The Hall–Kier alpha value is -0.970. The highest BCUT2D eigenvalue weighted by atomic mass is 79.9. The van der Waals surface area contributed by atoms with Crippen molar-refractivity contribution in [3.05, 3.63) is 35.4 Å². The predicted octanol–water partition coefficient (Wildman–Crippen LogP) is 4.04. The average Bonchev–Trinajstić information content (AvgIpc) is 2.48. The third kappa shape index (κ3) is 3.57. The second kappa shape index (κ2) is 6.66. The summed E-state index contributed by atoms with van der Waals surface area (Å²) < 4.78 is 26.0. The number of carbonyl (C=O) groups excluding carboxylic acids is 1. The third-order valence-corrected chi connectivity index (χ3v) is 5.19. The third-order valence-electron chi connectivity index (χ3n) is 4.00. The number of hydrogen-bond donors (Lipinski definition) is 1. The van der Waals surface area contributed by atoms with Crippen LogP contribution in [0.5, 0.6) is 0 Å². The molecule has 0 bridgehead atoms. The summed E-state index contributed by atoms with van der Waals surface area (Å²) in [4.78, 5) is 12.0. The number of benzene rings is 1. The molecule has 2 rings (SSSR count). The summed E-state index contributed by atoms with van der Waals surface area (Å²) in [6.07, 6.45) is 5.75. The number of alkyl halides is 1. The van der Waals surface area contributed by atoms with E-state index in [-0.39, 0.29) is 16.9 Å². The summed E-state index contributed by atoms with van der Waals surface area (Å²) >= 11 is 3.53. The van der Waals surface area contributed by atoms with Gasteiger partial charge < -0.3 is 5.32 Å². The van der Waals surface area contributed by atoms with Crippen LogP contribution in [0.2, 0.25) is 0 Å². The van der Waals surface area contributed by atoms with Gasteiger partial charge in [-0.15, -0.1) is 0 Å². The van der Waals surface area contributed by atoms with Gasteiger partial charge >= 0.3 is 0 Å². The van der Waals surface area contributed by atoms with Crippen molar-refractivity contribution in [1.29, 1.82) is 0 Å². The molecule has 1 aliphatic rings. The Kier molecular flexibility index (Phi) is 5.13. The molecule has 0 aromatic heterocycles. The first-order valence-electron chi connectivity index (χ1n) is 6.86. The van der Waals surface area contributed by atoms with E-state index in [4.69, 9.17) is 0 Å². The fourth-order valence-corrected chi connectivity index (χ4v) is 3.43. The van der Waals surface area contributed by atoms with Gasteiger partial charge in [0.05, 0.1) is 0 Å². The molecule has 5 heteroatoms. The Labute approximate surface area is 126 Å². The maximum atomic E-state index is 13.1. The highest BCUT2D eigenvalue weighted by Crippen LogP contribution is 2.37. The van der Waals surface area contributed by atoms with Crippen molar-refractivity contribution in [1.82, 2.24) is 5.32 Å². The first kappa shape index (κ1) is 15.4. The van der Waals surface area contributed by atoms with Crippen molar-refractivity contribution < 1.29 is 13.6 Å². The lowest BCUT2D eigenvalue weighted by Crippen LogP contribution is -2.40. The van der Waals surface area contributed by atoms with Gasteiger partial charge in [0.1, 0.15) is 0 Å². The number of amides is 1. The SMILES string of the molecule is O=C(NCC1(CBr)CCCCC1)c1ccc(F)c(F)c1. The zero-order valence-electron chi connectivity index (χ0n) is 11.2. The molecular formula is C15H18BrF2NO. The summed E-state index contributed by atoms with van der Waals surface area (Å²) in [7, 11) is 0. The maximum Gasteiger partial charge on any atom is 0.251 e. The molecule has 1 N–H and O–H groups in total. The fraction of sp³-hybridized carbons (Fsp3) is 0.533. The monoisotopic (exact) mass is 345 g/mol. The topological polar surface area (TPSA) is 29.1 Å². The summed E-state index contributed by atoms with van der Waals surface area (Å²) in [6, 6.07) is 3.22. The van der Waals surface area contributed by atoms with Gasteiger partial charge in [-0.2, -0.15) is 0 Å². The second-order valence-corrected chi connectivity index (χ2v) is 6.07. The van der Waals surface area contributed by atoms with E-state index in [1.54, 1.807) is 0 Å². The molecule has 1 saturated carbocycles. The molecule has 0 radical (unpaired) electrons. The van der Waals surface area contributed by atoms with Crippen LogP contribution in [-0.2, 0) is 0 Å². The minimum atomic E-state index is -0.995. The number of halogens is 3. The zero-order chi connectivity index (χ0) is 14.6. The van der Waals surface area contributed by atoms with Gasteiger partial charge in [0.2, 0.25) is 0 Å². The van der Waals surface area contributed by atoms with Crippen LogP contribution in [0, 0.1) is 17.0 Å². The second-order valence-electron chi connectivity index (χ2n) is 5.51. The molecule has 1 aromatic carbocycles. The molecule has 1 aromatic rings. The molecule has 0 spiro atoms. The summed E-state index contributed by atoms with van der Waals surface area (Å²) in [5.74, 6) is -2.29. The van der Waals surface area contributed by atoms with Crippen molar-refractivity contribution in [2.45, 2.75) is 32.1 Å². The van der Waals surface area contributed by atoms with Gasteiger partial charge in [-0.3, -0.25) is 4.79 Å². The van der Waals surface area contributed by atoms with Gasteiger partial charge in [0, 0.05) is 17.4 Å².